The zero-order valence-corrected chi connectivity index (χ0v) is 26.0. The number of carbonyl (C=O) groups is 2. The largest absolute Gasteiger partial charge is 0.455 e. The van der Waals surface area contributed by atoms with Gasteiger partial charge in [-0.05, 0) is 64.4 Å². The fourth-order valence-electron chi connectivity index (χ4n) is 6.31. The van der Waals surface area contributed by atoms with Crippen molar-refractivity contribution in [3.05, 3.63) is 11.6 Å². The number of epoxide rings is 2. The van der Waals surface area contributed by atoms with Crippen LogP contribution in [0.1, 0.15) is 168 Å². The van der Waals surface area contributed by atoms with Crippen LogP contribution in [0, 0.1) is 0 Å². The van der Waals surface area contributed by atoms with Gasteiger partial charge < -0.3 is 14.2 Å². The summed E-state index contributed by atoms with van der Waals surface area (Å²) in [6.45, 7) is 4.18. The Labute approximate surface area is 245 Å². The van der Waals surface area contributed by atoms with E-state index < -0.39 is 0 Å². The molecule has 3 heterocycles. The minimum Gasteiger partial charge on any atom is -0.455 e. The van der Waals surface area contributed by atoms with Crippen LogP contribution in [0.5, 0.6) is 0 Å². The maximum absolute atomic E-state index is 12.2. The van der Waals surface area contributed by atoms with Gasteiger partial charge >= 0.3 is 5.97 Å². The topological polar surface area (TPSA) is 68.4 Å². The van der Waals surface area contributed by atoms with Crippen molar-refractivity contribution in [1.82, 2.24) is 0 Å². The number of hydrogen-bond acceptors (Lipinski definition) is 5. The molecule has 230 valence electrons. The molecule has 0 aromatic carbocycles. The molecule has 3 aliphatic heterocycles. The number of rotatable bonds is 27. The zero-order chi connectivity index (χ0) is 28.4. The Balaban J connectivity index is 1.02. The molecular weight excluding hydrogens is 500 g/mol. The molecule has 0 unspecified atom stereocenters. The lowest BCUT2D eigenvalue weighted by Gasteiger charge is -2.03. The molecular formula is C35H60O5. The average Bonchev–Trinajstić information content (AvgIpc) is 3.84. The number of esters is 1. The zero-order valence-electron chi connectivity index (χ0n) is 26.0. The predicted molar refractivity (Wildman–Crippen MR) is 162 cm³/mol. The number of cyclic esters (lactones) is 1. The average molecular weight is 561 g/mol. The van der Waals surface area contributed by atoms with Gasteiger partial charge in [-0.3, -0.25) is 4.79 Å². The number of hydrogen-bond donors (Lipinski definition) is 0. The predicted octanol–water partition coefficient (Wildman–Crippen LogP) is 9.34. The highest BCUT2D eigenvalue weighted by Crippen LogP contribution is 2.37. The maximum atomic E-state index is 12.2. The van der Waals surface area contributed by atoms with E-state index in [0.29, 0.717) is 30.2 Å². The molecule has 0 aromatic rings. The van der Waals surface area contributed by atoms with Gasteiger partial charge in [0.25, 0.3) is 0 Å². The van der Waals surface area contributed by atoms with Crippen molar-refractivity contribution in [2.24, 2.45) is 0 Å². The standard InChI is InChI=1S/C35H60O5/c1-3-4-5-6-7-8-9-10-14-17-23-31-33(39-31)25-26-34-32(40-34)24-19-18-22-30(36)21-16-13-11-12-15-20-29-27-28(2)38-35(29)37/h27-28,31-34H,3-26H2,1-2H3/t28-,31+,32-,33-,34+/m1/s1. The first-order chi connectivity index (χ1) is 19.6. The van der Waals surface area contributed by atoms with E-state index in [4.69, 9.17) is 14.2 Å². The van der Waals surface area contributed by atoms with E-state index in [1.165, 1.54) is 70.6 Å². The number of ether oxygens (including phenoxy) is 3. The SMILES string of the molecule is CCCCCCCCCCCC[C@@H]1O[C@@H]1CC[C@@H]1O[C@@H]1CCCCC(=O)CCCCCCCC1=C[C@@H](C)OC1=O. The smallest absolute Gasteiger partial charge is 0.334 e. The van der Waals surface area contributed by atoms with E-state index in [2.05, 4.69) is 6.92 Å². The number of Topliss-reactive ketones (excluding diaryl/α,β-unsaturated/α-hetero) is 1. The number of ketones is 1. The summed E-state index contributed by atoms with van der Waals surface area (Å²) in [6, 6.07) is 0. The monoisotopic (exact) mass is 560 g/mol. The molecule has 0 aliphatic carbocycles. The van der Waals surface area contributed by atoms with Crippen molar-refractivity contribution in [3.8, 4) is 0 Å². The van der Waals surface area contributed by atoms with Gasteiger partial charge in [0.2, 0.25) is 0 Å². The summed E-state index contributed by atoms with van der Waals surface area (Å²) in [4.78, 5) is 23.8. The molecule has 0 N–H and O–H groups in total. The first-order valence-electron chi connectivity index (χ1n) is 17.3. The first kappa shape index (κ1) is 33.3. The Morgan fingerprint density at radius 1 is 0.625 bits per heavy atom. The van der Waals surface area contributed by atoms with Crippen molar-refractivity contribution in [2.45, 2.75) is 198 Å². The van der Waals surface area contributed by atoms with Crippen LogP contribution in [0.15, 0.2) is 11.6 Å². The summed E-state index contributed by atoms with van der Waals surface area (Å²) in [5.41, 5.74) is 0.839. The Morgan fingerprint density at radius 2 is 1.07 bits per heavy atom. The lowest BCUT2D eigenvalue weighted by atomic mass is 10.0. The van der Waals surface area contributed by atoms with Crippen molar-refractivity contribution >= 4 is 11.8 Å². The molecule has 5 nitrogen and oxygen atoms in total. The molecule has 2 fully saturated rings. The highest BCUT2D eigenvalue weighted by Gasteiger charge is 2.42. The Kier molecular flexibility index (Phi) is 16.5. The van der Waals surface area contributed by atoms with Crippen LogP contribution in [0.25, 0.3) is 0 Å². The van der Waals surface area contributed by atoms with Gasteiger partial charge in [-0.2, -0.15) is 0 Å². The van der Waals surface area contributed by atoms with Crippen LogP contribution in [-0.4, -0.2) is 42.3 Å². The molecule has 0 saturated carbocycles. The fourth-order valence-corrected chi connectivity index (χ4v) is 6.31. The van der Waals surface area contributed by atoms with Crippen LogP contribution >= 0.6 is 0 Å². The van der Waals surface area contributed by atoms with E-state index in [1.54, 1.807) is 0 Å². The Bertz CT molecular complexity index is 746. The van der Waals surface area contributed by atoms with Gasteiger partial charge in [-0.15, -0.1) is 0 Å². The highest BCUT2D eigenvalue weighted by molar-refractivity contribution is 5.90. The molecule has 5 atom stereocenters. The fraction of sp³-hybridized carbons (Fsp3) is 0.886. The minimum atomic E-state index is -0.141. The Morgan fingerprint density at radius 3 is 1.62 bits per heavy atom. The van der Waals surface area contributed by atoms with Crippen molar-refractivity contribution < 1.29 is 23.8 Å². The van der Waals surface area contributed by atoms with Gasteiger partial charge in [-0.1, -0.05) is 96.8 Å². The second-order valence-corrected chi connectivity index (χ2v) is 12.8. The van der Waals surface area contributed by atoms with Crippen LogP contribution in [0.4, 0.5) is 0 Å². The van der Waals surface area contributed by atoms with E-state index >= 15 is 0 Å². The van der Waals surface area contributed by atoms with E-state index in [-0.39, 0.29) is 12.1 Å². The van der Waals surface area contributed by atoms with Crippen LogP contribution in [0.2, 0.25) is 0 Å². The molecule has 2 saturated heterocycles. The minimum absolute atomic E-state index is 0.0638. The number of carbonyl (C=O) groups excluding carboxylic acids is 2. The highest BCUT2D eigenvalue weighted by atomic mass is 16.6. The van der Waals surface area contributed by atoms with Gasteiger partial charge in [0.1, 0.15) is 11.9 Å². The second kappa shape index (κ2) is 19.8. The van der Waals surface area contributed by atoms with Gasteiger partial charge in [0.15, 0.2) is 0 Å². The van der Waals surface area contributed by atoms with E-state index in [0.717, 1.165) is 89.0 Å². The Hall–Kier alpha value is -1.20. The maximum Gasteiger partial charge on any atom is 0.334 e. The van der Waals surface area contributed by atoms with Crippen LogP contribution in [0.3, 0.4) is 0 Å². The lowest BCUT2D eigenvalue weighted by Crippen LogP contribution is -2.03. The van der Waals surface area contributed by atoms with E-state index in [1.807, 2.05) is 13.0 Å². The molecule has 40 heavy (non-hydrogen) atoms. The molecule has 0 spiro atoms. The molecule has 5 heteroatoms. The molecule has 0 amide bonds. The van der Waals surface area contributed by atoms with E-state index in [9.17, 15) is 9.59 Å². The third-order valence-electron chi connectivity index (χ3n) is 9.04. The summed E-state index contributed by atoms with van der Waals surface area (Å²) in [5, 5.41) is 0. The van der Waals surface area contributed by atoms with Crippen molar-refractivity contribution in [2.75, 3.05) is 0 Å². The quantitative estimate of drug-likeness (QED) is 0.0569. The van der Waals surface area contributed by atoms with Crippen molar-refractivity contribution in [1.29, 1.82) is 0 Å². The summed E-state index contributed by atoms with van der Waals surface area (Å²) in [6.07, 6.45) is 32.1. The third-order valence-corrected chi connectivity index (χ3v) is 9.04. The first-order valence-corrected chi connectivity index (χ1v) is 17.3. The van der Waals surface area contributed by atoms with Gasteiger partial charge in [0, 0.05) is 18.4 Å². The summed E-state index contributed by atoms with van der Waals surface area (Å²) in [5.74, 6) is 0.276. The lowest BCUT2D eigenvalue weighted by molar-refractivity contribution is -0.139. The van der Waals surface area contributed by atoms with Crippen LogP contribution in [-0.2, 0) is 23.8 Å². The molecule has 0 aromatic heterocycles. The molecule has 0 bridgehead atoms. The van der Waals surface area contributed by atoms with Crippen molar-refractivity contribution in [3.63, 3.8) is 0 Å². The molecule has 3 rings (SSSR count). The number of unbranched alkanes of at least 4 members (excludes halogenated alkanes) is 14. The summed E-state index contributed by atoms with van der Waals surface area (Å²) in [7, 11) is 0. The van der Waals surface area contributed by atoms with Gasteiger partial charge in [-0.25, -0.2) is 4.79 Å². The summed E-state index contributed by atoms with van der Waals surface area (Å²) >= 11 is 0. The second-order valence-electron chi connectivity index (χ2n) is 12.8. The summed E-state index contributed by atoms with van der Waals surface area (Å²) < 4.78 is 16.9. The molecule has 3 aliphatic rings. The third kappa shape index (κ3) is 14.6. The normalized spacial score (nSPS) is 25.2. The van der Waals surface area contributed by atoms with Gasteiger partial charge in [0.05, 0.1) is 24.4 Å². The molecule has 0 radical (unpaired) electrons. The van der Waals surface area contributed by atoms with Crippen LogP contribution < -0.4 is 0 Å².